The number of hydrogen-bond donors (Lipinski definition) is 3. The fourth-order valence-electron chi connectivity index (χ4n) is 4.27. The van der Waals surface area contributed by atoms with Gasteiger partial charge >= 0.3 is 0 Å². The molecule has 0 radical (unpaired) electrons. The molecule has 1 aliphatic carbocycles. The summed E-state index contributed by atoms with van der Waals surface area (Å²) in [6.45, 7) is 3.20. The Balaban J connectivity index is 1.28. The second-order valence-electron chi connectivity index (χ2n) is 7.78. The van der Waals surface area contributed by atoms with Gasteiger partial charge in [0, 0.05) is 24.8 Å². The molecular formula is C20H27N3O3. The van der Waals surface area contributed by atoms with E-state index in [-0.39, 0.29) is 29.3 Å². The van der Waals surface area contributed by atoms with Crippen molar-refractivity contribution in [1.29, 1.82) is 0 Å². The largest absolute Gasteiger partial charge is 0.368 e. The fourth-order valence-corrected chi connectivity index (χ4v) is 4.27. The Labute approximate surface area is 154 Å². The molecule has 6 nitrogen and oxygen atoms in total. The Bertz CT molecular complexity index is 679. The third-order valence-electron chi connectivity index (χ3n) is 5.99. The van der Waals surface area contributed by atoms with Crippen LogP contribution in [0.2, 0.25) is 0 Å². The van der Waals surface area contributed by atoms with Crippen molar-refractivity contribution >= 4 is 17.5 Å². The number of anilines is 1. The molecule has 2 unspecified atom stereocenters. The van der Waals surface area contributed by atoms with Crippen LogP contribution in [0.5, 0.6) is 0 Å². The van der Waals surface area contributed by atoms with Gasteiger partial charge in [-0.2, -0.15) is 0 Å². The van der Waals surface area contributed by atoms with E-state index in [4.69, 9.17) is 4.74 Å². The number of carbonyl (C=O) groups is 2. The van der Waals surface area contributed by atoms with E-state index < -0.39 is 0 Å². The highest BCUT2D eigenvalue weighted by Gasteiger charge is 2.57. The SMILES string of the molecule is O=C(Nc1cccc(CNC(=O)C2CC23CCNCC3)c1)C1CCCO1. The van der Waals surface area contributed by atoms with E-state index >= 15 is 0 Å². The first kappa shape index (κ1) is 17.5. The molecule has 2 amide bonds. The summed E-state index contributed by atoms with van der Waals surface area (Å²) in [6.07, 6.45) is 4.61. The van der Waals surface area contributed by atoms with Crippen molar-refractivity contribution in [2.75, 3.05) is 25.0 Å². The van der Waals surface area contributed by atoms with E-state index in [1.165, 1.54) is 0 Å². The molecule has 1 spiro atoms. The number of benzene rings is 1. The highest BCUT2D eigenvalue weighted by molar-refractivity contribution is 5.94. The second-order valence-corrected chi connectivity index (χ2v) is 7.78. The Morgan fingerprint density at radius 2 is 2.08 bits per heavy atom. The van der Waals surface area contributed by atoms with Gasteiger partial charge in [-0.05, 0) is 68.3 Å². The number of nitrogens with one attached hydrogen (secondary N) is 3. The summed E-state index contributed by atoms with van der Waals surface area (Å²) in [7, 11) is 0. The summed E-state index contributed by atoms with van der Waals surface area (Å²) in [6, 6.07) is 7.65. The quantitative estimate of drug-likeness (QED) is 0.751. The van der Waals surface area contributed by atoms with Crippen LogP contribution in [0.1, 0.15) is 37.7 Å². The monoisotopic (exact) mass is 357 g/mol. The molecule has 2 heterocycles. The van der Waals surface area contributed by atoms with Crippen LogP contribution < -0.4 is 16.0 Å². The standard InChI is InChI=1S/C20H27N3O3/c24-18(16-12-20(16)6-8-21-9-7-20)22-13-14-3-1-4-15(11-14)23-19(25)17-5-2-10-26-17/h1,3-4,11,16-17,21H,2,5-10,12-13H2,(H,22,24)(H,23,25). The van der Waals surface area contributed by atoms with Crippen molar-refractivity contribution in [1.82, 2.24) is 10.6 Å². The van der Waals surface area contributed by atoms with Gasteiger partial charge in [-0.1, -0.05) is 12.1 Å². The van der Waals surface area contributed by atoms with Crippen LogP contribution in [0.15, 0.2) is 24.3 Å². The summed E-state index contributed by atoms with van der Waals surface area (Å²) in [5, 5.41) is 9.35. The summed E-state index contributed by atoms with van der Waals surface area (Å²) >= 11 is 0. The number of carbonyl (C=O) groups excluding carboxylic acids is 2. The Morgan fingerprint density at radius 1 is 1.23 bits per heavy atom. The maximum absolute atomic E-state index is 12.5. The molecule has 2 atom stereocenters. The first-order valence-corrected chi connectivity index (χ1v) is 9.66. The lowest BCUT2D eigenvalue weighted by molar-refractivity contribution is -0.125. The van der Waals surface area contributed by atoms with E-state index in [1.807, 2.05) is 24.3 Å². The predicted molar refractivity (Wildman–Crippen MR) is 98.5 cm³/mol. The predicted octanol–water partition coefficient (Wildman–Crippen LogP) is 1.81. The maximum atomic E-state index is 12.5. The molecule has 6 heteroatoms. The van der Waals surface area contributed by atoms with E-state index in [2.05, 4.69) is 16.0 Å². The van der Waals surface area contributed by atoms with Gasteiger partial charge in [0.25, 0.3) is 5.91 Å². The molecule has 3 N–H and O–H groups in total. The van der Waals surface area contributed by atoms with E-state index in [1.54, 1.807) is 0 Å². The second kappa shape index (κ2) is 7.37. The molecule has 140 valence electrons. The van der Waals surface area contributed by atoms with Crippen LogP contribution in [0.4, 0.5) is 5.69 Å². The molecule has 4 rings (SSSR count). The number of ether oxygens (including phenoxy) is 1. The third-order valence-corrected chi connectivity index (χ3v) is 5.99. The van der Waals surface area contributed by atoms with E-state index in [0.717, 1.165) is 56.4 Å². The van der Waals surface area contributed by atoms with Gasteiger partial charge in [0.05, 0.1) is 0 Å². The maximum Gasteiger partial charge on any atom is 0.253 e. The lowest BCUT2D eigenvalue weighted by Gasteiger charge is -2.23. The van der Waals surface area contributed by atoms with Gasteiger partial charge in [-0.25, -0.2) is 0 Å². The lowest BCUT2D eigenvalue weighted by atomic mass is 9.92. The topological polar surface area (TPSA) is 79.5 Å². The van der Waals surface area contributed by atoms with Crippen molar-refractivity contribution in [3.05, 3.63) is 29.8 Å². The number of amides is 2. The van der Waals surface area contributed by atoms with Gasteiger partial charge in [-0.15, -0.1) is 0 Å². The molecule has 26 heavy (non-hydrogen) atoms. The van der Waals surface area contributed by atoms with Crippen LogP contribution in [0.3, 0.4) is 0 Å². The molecule has 3 fully saturated rings. The highest BCUT2D eigenvalue weighted by atomic mass is 16.5. The van der Waals surface area contributed by atoms with Crippen molar-refractivity contribution in [2.24, 2.45) is 11.3 Å². The Morgan fingerprint density at radius 3 is 2.85 bits per heavy atom. The fraction of sp³-hybridized carbons (Fsp3) is 0.600. The summed E-state index contributed by atoms with van der Waals surface area (Å²) < 4.78 is 5.41. The molecule has 2 saturated heterocycles. The normalized spacial score (nSPS) is 26.5. The smallest absolute Gasteiger partial charge is 0.253 e. The zero-order valence-electron chi connectivity index (χ0n) is 15.1. The zero-order chi connectivity index (χ0) is 18.0. The van der Waals surface area contributed by atoms with Gasteiger partial charge in [0.1, 0.15) is 6.10 Å². The average molecular weight is 357 g/mol. The van der Waals surface area contributed by atoms with E-state index in [0.29, 0.717) is 13.2 Å². The average Bonchev–Trinajstić information content (AvgIpc) is 3.09. The molecule has 3 aliphatic rings. The van der Waals surface area contributed by atoms with Crippen molar-refractivity contribution in [2.45, 2.75) is 44.8 Å². The van der Waals surface area contributed by atoms with Crippen molar-refractivity contribution in [3.8, 4) is 0 Å². The highest BCUT2D eigenvalue weighted by Crippen LogP contribution is 2.58. The molecule has 1 saturated carbocycles. The molecule has 1 aromatic rings. The van der Waals surface area contributed by atoms with Crippen LogP contribution >= 0.6 is 0 Å². The van der Waals surface area contributed by atoms with Gasteiger partial charge in [-0.3, -0.25) is 9.59 Å². The first-order chi connectivity index (χ1) is 12.7. The minimum atomic E-state index is -0.339. The van der Waals surface area contributed by atoms with Gasteiger partial charge < -0.3 is 20.7 Å². The third kappa shape index (κ3) is 3.76. The van der Waals surface area contributed by atoms with Crippen LogP contribution in [0, 0.1) is 11.3 Å². The molecule has 0 bridgehead atoms. The number of piperidine rings is 1. The minimum absolute atomic E-state index is 0.0884. The van der Waals surface area contributed by atoms with Crippen molar-refractivity contribution < 1.29 is 14.3 Å². The minimum Gasteiger partial charge on any atom is -0.368 e. The van der Waals surface area contributed by atoms with Crippen LogP contribution in [0.25, 0.3) is 0 Å². The first-order valence-electron chi connectivity index (χ1n) is 9.66. The van der Waals surface area contributed by atoms with E-state index in [9.17, 15) is 9.59 Å². The van der Waals surface area contributed by atoms with Gasteiger partial charge in [0.2, 0.25) is 5.91 Å². The Hall–Kier alpha value is -1.92. The van der Waals surface area contributed by atoms with Crippen molar-refractivity contribution in [3.63, 3.8) is 0 Å². The number of hydrogen-bond acceptors (Lipinski definition) is 4. The van der Waals surface area contributed by atoms with Crippen LogP contribution in [-0.4, -0.2) is 37.6 Å². The molecule has 0 aromatic heterocycles. The number of rotatable bonds is 5. The zero-order valence-corrected chi connectivity index (χ0v) is 15.1. The summed E-state index contributed by atoms with van der Waals surface area (Å²) in [5.74, 6) is 0.252. The lowest BCUT2D eigenvalue weighted by Crippen LogP contribution is -2.33. The molecular weight excluding hydrogens is 330 g/mol. The summed E-state index contributed by atoms with van der Waals surface area (Å²) in [4.78, 5) is 24.6. The van der Waals surface area contributed by atoms with Gasteiger partial charge in [0.15, 0.2) is 0 Å². The molecule has 2 aliphatic heterocycles. The molecule has 1 aromatic carbocycles. The Kier molecular flexibility index (Phi) is 4.96. The van der Waals surface area contributed by atoms with Crippen LogP contribution in [-0.2, 0) is 20.9 Å². The summed E-state index contributed by atoms with van der Waals surface area (Å²) in [5.41, 5.74) is 1.99.